The first-order valence-corrected chi connectivity index (χ1v) is 8.83. The van der Waals surface area contributed by atoms with E-state index in [-0.39, 0.29) is 16.4 Å². The summed E-state index contributed by atoms with van der Waals surface area (Å²) in [4.78, 5) is -0.443. The summed E-state index contributed by atoms with van der Waals surface area (Å²) in [6.07, 6.45) is 1.23. The second-order valence-corrected chi connectivity index (χ2v) is 7.09. The lowest BCUT2D eigenvalue weighted by atomic mass is 10.2. The number of aromatic hydroxyl groups is 1. The maximum atomic E-state index is 12.5. The number of phenols is 1. The molecule has 0 fully saturated rings. The molecule has 0 saturated heterocycles. The van der Waals surface area contributed by atoms with Crippen LogP contribution in [0, 0.1) is 11.3 Å². The molecule has 0 unspecified atom stereocenters. The maximum Gasteiger partial charge on any atom is 0.216 e. The molecule has 0 spiro atoms. The Kier molecular flexibility index (Phi) is 5.50. The van der Waals surface area contributed by atoms with Crippen molar-refractivity contribution in [3.63, 3.8) is 0 Å². The molecular weight excluding hydrogens is 350 g/mol. The van der Waals surface area contributed by atoms with Gasteiger partial charge < -0.3 is 9.84 Å². The first-order valence-electron chi connectivity index (χ1n) is 6.96. The molecule has 0 aliphatic rings. The number of halogens is 1. The SMILES string of the molecule is CCOc1cc(C=C(C#N)S(=O)(=O)c2ccc(Cl)cc2)ccc1O. The fourth-order valence-electron chi connectivity index (χ4n) is 1.95. The molecule has 0 amide bonds. The van der Waals surface area contributed by atoms with Crippen molar-refractivity contribution < 1.29 is 18.3 Å². The number of allylic oxidation sites excluding steroid dienone is 1. The number of benzene rings is 2. The summed E-state index contributed by atoms with van der Waals surface area (Å²) < 4.78 is 30.3. The van der Waals surface area contributed by atoms with Gasteiger partial charge in [-0.3, -0.25) is 0 Å². The van der Waals surface area contributed by atoms with Gasteiger partial charge in [-0.2, -0.15) is 5.26 Å². The van der Waals surface area contributed by atoms with Crippen LogP contribution in [0.1, 0.15) is 12.5 Å². The molecule has 124 valence electrons. The Bertz CT molecular complexity index is 913. The highest BCUT2D eigenvalue weighted by molar-refractivity contribution is 7.95. The largest absolute Gasteiger partial charge is 0.504 e. The highest BCUT2D eigenvalue weighted by Crippen LogP contribution is 2.29. The lowest BCUT2D eigenvalue weighted by Crippen LogP contribution is -2.03. The van der Waals surface area contributed by atoms with Gasteiger partial charge in [0.1, 0.15) is 11.0 Å². The molecule has 0 saturated carbocycles. The van der Waals surface area contributed by atoms with Crippen LogP contribution < -0.4 is 4.74 Å². The number of rotatable bonds is 5. The average molecular weight is 364 g/mol. The molecule has 1 N–H and O–H groups in total. The number of hydrogen-bond donors (Lipinski definition) is 1. The van der Waals surface area contributed by atoms with E-state index in [9.17, 15) is 18.8 Å². The van der Waals surface area contributed by atoms with Crippen LogP contribution >= 0.6 is 11.6 Å². The van der Waals surface area contributed by atoms with Gasteiger partial charge in [0.2, 0.25) is 9.84 Å². The quantitative estimate of drug-likeness (QED) is 0.817. The zero-order chi connectivity index (χ0) is 17.7. The lowest BCUT2D eigenvalue weighted by molar-refractivity contribution is 0.318. The fraction of sp³-hybridized carbons (Fsp3) is 0.118. The van der Waals surface area contributed by atoms with Gasteiger partial charge in [-0.05, 0) is 55.0 Å². The van der Waals surface area contributed by atoms with Crippen molar-refractivity contribution in [3.05, 3.63) is 58.0 Å². The number of nitriles is 1. The van der Waals surface area contributed by atoms with Crippen molar-refractivity contribution in [2.45, 2.75) is 11.8 Å². The van der Waals surface area contributed by atoms with E-state index < -0.39 is 14.7 Å². The summed E-state index contributed by atoms with van der Waals surface area (Å²) in [5.41, 5.74) is 0.422. The third kappa shape index (κ3) is 3.88. The minimum absolute atomic E-state index is 0.0245. The van der Waals surface area contributed by atoms with E-state index in [0.29, 0.717) is 17.2 Å². The Balaban J connectivity index is 2.48. The van der Waals surface area contributed by atoms with Crippen molar-refractivity contribution in [2.75, 3.05) is 6.61 Å². The first kappa shape index (κ1) is 17.9. The number of phenolic OH excluding ortho intramolecular Hbond substituents is 1. The standard InChI is InChI=1S/C17H14ClNO4S/c1-2-23-17-10-12(3-8-16(17)20)9-15(11-19)24(21,22)14-6-4-13(18)5-7-14/h3-10,20H,2H2,1H3. The molecule has 5 nitrogen and oxygen atoms in total. The van der Waals surface area contributed by atoms with E-state index in [1.807, 2.05) is 0 Å². The summed E-state index contributed by atoms with van der Waals surface area (Å²) in [5.74, 6) is 0.153. The van der Waals surface area contributed by atoms with Gasteiger partial charge >= 0.3 is 0 Å². The number of ether oxygens (including phenoxy) is 1. The van der Waals surface area contributed by atoms with E-state index in [4.69, 9.17) is 16.3 Å². The predicted molar refractivity (Wildman–Crippen MR) is 91.5 cm³/mol. The number of sulfone groups is 1. The van der Waals surface area contributed by atoms with Gasteiger partial charge in [-0.15, -0.1) is 0 Å². The highest BCUT2D eigenvalue weighted by atomic mass is 35.5. The Hall–Kier alpha value is -2.49. The molecule has 24 heavy (non-hydrogen) atoms. The molecule has 2 aromatic carbocycles. The minimum atomic E-state index is -3.96. The molecular formula is C17H14ClNO4S. The first-order chi connectivity index (χ1) is 11.4. The molecule has 0 bridgehead atoms. The van der Waals surface area contributed by atoms with Crippen LogP contribution in [-0.2, 0) is 9.84 Å². The van der Waals surface area contributed by atoms with Crippen molar-refractivity contribution in [2.24, 2.45) is 0 Å². The van der Waals surface area contributed by atoms with Crippen LogP contribution in [0.25, 0.3) is 6.08 Å². The molecule has 7 heteroatoms. The van der Waals surface area contributed by atoms with Crippen LogP contribution in [0.5, 0.6) is 11.5 Å². The van der Waals surface area contributed by atoms with Crippen LogP contribution in [-0.4, -0.2) is 20.1 Å². The smallest absolute Gasteiger partial charge is 0.216 e. The number of nitrogens with zero attached hydrogens (tertiary/aromatic N) is 1. The molecule has 0 atom stereocenters. The van der Waals surface area contributed by atoms with Crippen LogP contribution in [0.2, 0.25) is 5.02 Å². The van der Waals surface area contributed by atoms with Crippen LogP contribution in [0.15, 0.2) is 52.3 Å². The topological polar surface area (TPSA) is 87.4 Å². The third-order valence-electron chi connectivity index (χ3n) is 3.11. The van der Waals surface area contributed by atoms with Crippen LogP contribution in [0.3, 0.4) is 0 Å². The summed E-state index contributed by atoms with van der Waals surface area (Å²) in [6, 6.07) is 11.6. The normalized spacial score (nSPS) is 11.8. The lowest BCUT2D eigenvalue weighted by Gasteiger charge is -2.07. The van der Waals surface area contributed by atoms with E-state index >= 15 is 0 Å². The maximum absolute atomic E-state index is 12.5. The Morgan fingerprint density at radius 1 is 1.29 bits per heavy atom. The van der Waals surface area contributed by atoms with Crippen molar-refractivity contribution in [3.8, 4) is 17.6 Å². The average Bonchev–Trinajstić information content (AvgIpc) is 2.56. The third-order valence-corrected chi connectivity index (χ3v) is 5.04. The molecule has 2 aromatic rings. The minimum Gasteiger partial charge on any atom is -0.504 e. The molecule has 0 radical (unpaired) electrons. The molecule has 0 aliphatic heterocycles. The zero-order valence-electron chi connectivity index (χ0n) is 12.7. The van der Waals surface area contributed by atoms with Crippen molar-refractivity contribution in [1.29, 1.82) is 5.26 Å². The summed E-state index contributed by atoms with van der Waals surface area (Å²) in [5, 5.41) is 19.3. The second-order valence-electron chi connectivity index (χ2n) is 4.74. The Morgan fingerprint density at radius 3 is 2.54 bits per heavy atom. The molecule has 0 aromatic heterocycles. The Labute approximate surface area is 145 Å². The van der Waals surface area contributed by atoms with Gasteiger partial charge in [-0.1, -0.05) is 17.7 Å². The predicted octanol–water partition coefficient (Wildman–Crippen LogP) is 3.78. The zero-order valence-corrected chi connectivity index (χ0v) is 14.3. The fourth-order valence-corrected chi connectivity index (χ4v) is 3.24. The summed E-state index contributed by atoms with van der Waals surface area (Å²) in [7, 11) is -3.96. The van der Waals surface area contributed by atoms with E-state index in [0.717, 1.165) is 0 Å². The van der Waals surface area contributed by atoms with Gasteiger partial charge in [0.25, 0.3) is 0 Å². The van der Waals surface area contributed by atoms with Gasteiger partial charge in [0.15, 0.2) is 11.5 Å². The molecule has 0 heterocycles. The monoisotopic (exact) mass is 363 g/mol. The van der Waals surface area contributed by atoms with E-state index in [1.54, 1.807) is 13.0 Å². The molecule has 0 aliphatic carbocycles. The second kappa shape index (κ2) is 7.39. The van der Waals surface area contributed by atoms with E-state index in [2.05, 4.69) is 0 Å². The van der Waals surface area contributed by atoms with Gasteiger partial charge in [-0.25, -0.2) is 8.42 Å². The highest BCUT2D eigenvalue weighted by Gasteiger charge is 2.21. The summed E-state index contributed by atoms with van der Waals surface area (Å²) in [6.45, 7) is 2.10. The van der Waals surface area contributed by atoms with Crippen molar-refractivity contribution >= 4 is 27.5 Å². The molecule has 2 rings (SSSR count). The van der Waals surface area contributed by atoms with Gasteiger partial charge in [0.05, 0.1) is 11.5 Å². The Morgan fingerprint density at radius 2 is 1.96 bits per heavy atom. The van der Waals surface area contributed by atoms with Crippen molar-refractivity contribution in [1.82, 2.24) is 0 Å². The van der Waals surface area contributed by atoms with E-state index in [1.165, 1.54) is 48.5 Å². The number of hydrogen-bond acceptors (Lipinski definition) is 5. The summed E-state index contributed by atoms with van der Waals surface area (Å²) >= 11 is 5.75. The van der Waals surface area contributed by atoms with Gasteiger partial charge in [0, 0.05) is 5.02 Å². The van der Waals surface area contributed by atoms with Crippen LogP contribution in [0.4, 0.5) is 0 Å².